The first-order valence-corrected chi connectivity index (χ1v) is 6.61. The van der Waals surface area contributed by atoms with Gasteiger partial charge in [0.1, 0.15) is 11.6 Å². The third-order valence-corrected chi connectivity index (χ3v) is 2.93. The molecule has 2 aromatic rings. The molecular weight excluding hydrogens is 248 g/mol. The monoisotopic (exact) mass is 262 g/mol. The molecule has 1 aromatic carbocycles. The third kappa shape index (κ3) is 3.10. The quantitative estimate of drug-likeness (QED) is 0.847. The molecule has 0 aliphatic carbocycles. The van der Waals surface area contributed by atoms with Crippen LogP contribution < -0.4 is 10.5 Å². The molecule has 2 rings (SSSR count). The van der Waals surface area contributed by atoms with Crippen LogP contribution in [-0.2, 0) is 6.42 Å². The molecule has 6 heteroatoms. The van der Waals surface area contributed by atoms with Crippen molar-refractivity contribution in [2.45, 2.75) is 11.6 Å². The topological polar surface area (TPSA) is 73.9 Å². The molecule has 0 saturated heterocycles. The Morgan fingerprint density at radius 3 is 2.50 bits per heavy atom. The molecular formula is C12H14N4OS. The molecule has 2 N–H and O–H groups in total. The van der Waals surface area contributed by atoms with Gasteiger partial charge in [0, 0.05) is 6.42 Å². The number of rotatable bonds is 4. The smallest absolute Gasteiger partial charge is 0.224 e. The van der Waals surface area contributed by atoms with Gasteiger partial charge < -0.3 is 10.5 Å². The SMILES string of the molecule is COc1ccc(Cc2nc(N)nc(SC)n2)cc1. The number of hydrogen-bond acceptors (Lipinski definition) is 6. The second-order valence-corrected chi connectivity index (χ2v) is 4.39. The highest BCUT2D eigenvalue weighted by molar-refractivity contribution is 7.98. The number of nitrogens with two attached hydrogens (primary N) is 1. The highest BCUT2D eigenvalue weighted by Crippen LogP contribution is 2.15. The first kappa shape index (κ1) is 12.6. The Bertz CT molecular complexity index is 530. The molecule has 0 amide bonds. The standard InChI is InChI=1S/C12H14N4OS/c1-17-9-5-3-8(4-6-9)7-10-14-11(13)16-12(15-10)18-2/h3-6H,7H2,1-2H3,(H2,13,14,15,16). The first-order valence-electron chi connectivity index (χ1n) is 5.38. The fraction of sp³-hybridized carbons (Fsp3) is 0.250. The summed E-state index contributed by atoms with van der Waals surface area (Å²) in [6.45, 7) is 0. The molecule has 5 nitrogen and oxygen atoms in total. The minimum absolute atomic E-state index is 0.262. The van der Waals surface area contributed by atoms with Crippen molar-refractivity contribution in [3.05, 3.63) is 35.7 Å². The molecule has 1 aromatic heterocycles. The number of thioether (sulfide) groups is 1. The summed E-state index contributed by atoms with van der Waals surface area (Å²) in [4.78, 5) is 12.5. The number of nitrogen functional groups attached to an aromatic ring is 1. The summed E-state index contributed by atoms with van der Waals surface area (Å²) in [7, 11) is 1.65. The van der Waals surface area contributed by atoms with Crippen molar-refractivity contribution in [3.8, 4) is 5.75 Å². The van der Waals surface area contributed by atoms with E-state index in [-0.39, 0.29) is 5.95 Å². The van der Waals surface area contributed by atoms with Gasteiger partial charge in [-0.3, -0.25) is 0 Å². The van der Waals surface area contributed by atoms with Gasteiger partial charge in [-0.25, -0.2) is 4.98 Å². The number of hydrogen-bond donors (Lipinski definition) is 1. The fourth-order valence-electron chi connectivity index (χ4n) is 1.51. The molecule has 94 valence electrons. The van der Waals surface area contributed by atoms with E-state index in [1.807, 2.05) is 30.5 Å². The van der Waals surface area contributed by atoms with Crippen molar-refractivity contribution in [1.82, 2.24) is 15.0 Å². The maximum absolute atomic E-state index is 5.64. The normalized spacial score (nSPS) is 10.3. The molecule has 0 fully saturated rings. The number of benzene rings is 1. The molecule has 0 spiro atoms. The Labute approximate surface area is 110 Å². The number of methoxy groups -OCH3 is 1. The van der Waals surface area contributed by atoms with Crippen LogP contribution in [0.5, 0.6) is 5.75 Å². The van der Waals surface area contributed by atoms with E-state index < -0.39 is 0 Å². The average Bonchev–Trinajstić information content (AvgIpc) is 2.39. The summed E-state index contributed by atoms with van der Waals surface area (Å²) in [5.74, 6) is 1.77. The molecule has 0 atom stereocenters. The van der Waals surface area contributed by atoms with Gasteiger partial charge in [-0.05, 0) is 24.0 Å². The second-order valence-electron chi connectivity index (χ2n) is 3.62. The third-order valence-electron chi connectivity index (χ3n) is 2.38. The molecule has 0 radical (unpaired) electrons. The highest BCUT2D eigenvalue weighted by atomic mass is 32.2. The van der Waals surface area contributed by atoms with E-state index in [0.29, 0.717) is 17.4 Å². The van der Waals surface area contributed by atoms with E-state index in [2.05, 4.69) is 15.0 Å². The maximum atomic E-state index is 5.64. The van der Waals surface area contributed by atoms with E-state index in [4.69, 9.17) is 10.5 Å². The summed E-state index contributed by atoms with van der Waals surface area (Å²) in [6, 6.07) is 7.79. The van der Waals surface area contributed by atoms with Gasteiger partial charge >= 0.3 is 0 Å². The number of nitrogens with zero attached hydrogens (tertiary/aromatic N) is 3. The Hall–Kier alpha value is -1.82. The molecule has 1 heterocycles. The predicted octanol–water partition coefficient (Wildman–Crippen LogP) is 1.78. The Morgan fingerprint density at radius 1 is 1.17 bits per heavy atom. The zero-order chi connectivity index (χ0) is 13.0. The van der Waals surface area contributed by atoms with E-state index >= 15 is 0 Å². The van der Waals surface area contributed by atoms with Crippen molar-refractivity contribution >= 4 is 17.7 Å². The molecule has 0 aliphatic heterocycles. The summed E-state index contributed by atoms with van der Waals surface area (Å²) in [6.07, 6.45) is 2.54. The Kier molecular flexibility index (Phi) is 3.99. The van der Waals surface area contributed by atoms with Crippen LogP contribution in [0, 0.1) is 0 Å². The van der Waals surface area contributed by atoms with Crippen molar-refractivity contribution in [2.75, 3.05) is 19.1 Å². The van der Waals surface area contributed by atoms with Gasteiger partial charge in [-0.15, -0.1) is 0 Å². The van der Waals surface area contributed by atoms with Crippen LogP contribution in [0.3, 0.4) is 0 Å². The van der Waals surface area contributed by atoms with Crippen molar-refractivity contribution in [2.24, 2.45) is 0 Å². The lowest BCUT2D eigenvalue weighted by molar-refractivity contribution is 0.414. The van der Waals surface area contributed by atoms with Crippen LogP contribution >= 0.6 is 11.8 Å². The van der Waals surface area contributed by atoms with Crippen LogP contribution in [0.15, 0.2) is 29.4 Å². The zero-order valence-corrected chi connectivity index (χ0v) is 11.1. The largest absolute Gasteiger partial charge is 0.497 e. The Morgan fingerprint density at radius 2 is 1.89 bits per heavy atom. The van der Waals surface area contributed by atoms with Crippen LogP contribution in [0.4, 0.5) is 5.95 Å². The minimum atomic E-state index is 0.262. The van der Waals surface area contributed by atoms with Gasteiger partial charge in [-0.2, -0.15) is 9.97 Å². The van der Waals surface area contributed by atoms with Gasteiger partial charge in [-0.1, -0.05) is 23.9 Å². The predicted molar refractivity (Wildman–Crippen MR) is 71.8 cm³/mol. The second kappa shape index (κ2) is 5.68. The average molecular weight is 262 g/mol. The molecule has 0 unspecified atom stereocenters. The van der Waals surface area contributed by atoms with E-state index in [0.717, 1.165) is 11.3 Å². The fourth-order valence-corrected chi connectivity index (χ4v) is 1.89. The van der Waals surface area contributed by atoms with Crippen LogP contribution in [0.1, 0.15) is 11.4 Å². The van der Waals surface area contributed by atoms with Crippen molar-refractivity contribution in [1.29, 1.82) is 0 Å². The van der Waals surface area contributed by atoms with Gasteiger partial charge in [0.2, 0.25) is 5.95 Å². The molecule has 0 bridgehead atoms. The van der Waals surface area contributed by atoms with E-state index in [1.54, 1.807) is 7.11 Å². The van der Waals surface area contributed by atoms with Crippen molar-refractivity contribution < 1.29 is 4.74 Å². The van der Waals surface area contributed by atoms with E-state index in [1.165, 1.54) is 11.8 Å². The van der Waals surface area contributed by atoms with Crippen LogP contribution in [0.25, 0.3) is 0 Å². The van der Waals surface area contributed by atoms with Crippen LogP contribution in [-0.4, -0.2) is 28.3 Å². The molecule has 18 heavy (non-hydrogen) atoms. The summed E-state index contributed by atoms with van der Waals surface area (Å²) < 4.78 is 5.11. The number of aromatic nitrogens is 3. The number of anilines is 1. The van der Waals surface area contributed by atoms with Gasteiger partial charge in [0.15, 0.2) is 5.16 Å². The molecule has 0 aliphatic rings. The maximum Gasteiger partial charge on any atom is 0.224 e. The molecule has 0 saturated carbocycles. The van der Waals surface area contributed by atoms with E-state index in [9.17, 15) is 0 Å². The lowest BCUT2D eigenvalue weighted by Gasteiger charge is -2.04. The lowest BCUT2D eigenvalue weighted by Crippen LogP contribution is -2.04. The summed E-state index contributed by atoms with van der Waals surface area (Å²) in [5, 5.41) is 0.644. The summed E-state index contributed by atoms with van der Waals surface area (Å²) >= 11 is 1.45. The number of ether oxygens (including phenoxy) is 1. The Balaban J connectivity index is 2.19. The highest BCUT2D eigenvalue weighted by Gasteiger charge is 2.05. The first-order chi connectivity index (χ1) is 8.71. The zero-order valence-electron chi connectivity index (χ0n) is 10.3. The minimum Gasteiger partial charge on any atom is -0.497 e. The van der Waals surface area contributed by atoms with Gasteiger partial charge in [0.05, 0.1) is 7.11 Å². The van der Waals surface area contributed by atoms with Crippen LogP contribution in [0.2, 0.25) is 0 Å². The summed E-state index contributed by atoms with van der Waals surface area (Å²) in [5.41, 5.74) is 6.74. The van der Waals surface area contributed by atoms with Gasteiger partial charge in [0.25, 0.3) is 0 Å². The van der Waals surface area contributed by atoms with Crippen molar-refractivity contribution in [3.63, 3.8) is 0 Å². The lowest BCUT2D eigenvalue weighted by atomic mass is 10.1.